The Balaban J connectivity index is 0.00000106. The van der Waals surface area contributed by atoms with Crippen molar-refractivity contribution < 1.29 is 19.4 Å². The lowest BCUT2D eigenvalue weighted by Crippen LogP contribution is -2.11. The van der Waals surface area contributed by atoms with Gasteiger partial charge in [0.1, 0.15) is 0 Å². The van der Waals surface area contributed by atoms with E-state index in [2.05, 4.69) is 13.2 Å². The fourth-order valence-electron chi connectivity index (χ4n) is 1.06. The van der Waals surface area contributed by atoms with Crippen LogP contribution in [0.2, 0.25) is 0 Å². The summed E-state index contributed by atoms with van der Waals surface area (Å²) < 4.78 is 4.72. The van der Waals surface area contributed by atoms with Crippen molar-refractivity contribution in [1.29, 1.82) is 0 Å². The molecular weight excluding hydrogens is 208 g/mol. The van der Waals surface area contributed by atoms with E-state index in [-0.39, 0.29) is 17.7 Å². The van der Waals surface area contributed by atoms with Crippen LogP contribution in [0.3, 0.4) is 0 Å². The number of benzene rings is 1. The Labute approximate surface area is 94.2 Å². The Morgan fingerprint density at radius 3 is 2.19 bits per heavy atom. The number of carbonyl (C=O) groups excluding carboxylic acids is 1. The number of hydrogen-bond acceptors (Lipinski definition) is 3. The quantitative estimate of drug-likeness (QED) is 0.630. The Kier molecular flexibility index (Phi) is 6.28. The van der Waals surface area contributed by atoms with Crippen molar-refractivity contribution in [3.05, 3.63) is 48.6 Å². The van der Waals surface area contributed by atoms with E-state index in [0.717, 1.165) is 0 Å². The second-order valence-electron chi connectivity index (χ2n) is 2.57. The van der Waals surface area contributed by atoms with Gasteiger partial charge in [0, 0.05) is 0 Å². The average molecular weight is 222 g/mol. The molecule has 0 unspecified atom stereocenters. The standard InChI is InChI=1S/C10H10O4.C2H4/c1-2-14-10(13)8-6-4-3-5-7(8)9(11)12;1-2/h3-6H,2H2,1H3,(H,11,12);1-2H2. The van der Waals surface area contributed by atoms with Crippen molar-refractivity contribution in [2.75, 3.05) is 6.61 Å². The molecule has 86 valence electrons. The van der Waals surface area contributed by atoms with Crippen LogP contribution in [0.4, 0.5) is 0 Å². The third kappa shape index (κ3) is 3.57. The largest absolute Gasteiger partial charge is 0.478 e. The summed E-state index contributed by atoms with van der Waals surface area (Å²) in [4.78, 5) is 22.0. The molecule has 0 atom stereocenters. The molecule has 0 saturated carbocycles. The molecule has 0 aliphatic rings. The fraction of sp³-hybridized carbons (Fsp3) is 0.167. The maximum absolute atomic E-state index is 11.3. The smallest absolute Gasteiger partial charge is 0.338 e. The number of rotatable bonds is 3. The summed E-state index contributed by atoms with van der Waals surface area (Å²) in [6.07, 6.45) is 0. The molecule has 1 aromatic rings. The summed E-state index contributed by atoms with van der Waals surface area (Å²) in [6, 6.07) is 5.96. The molecule has 0 aliphatic carbocycles. The first-order chi connectivity index (χ1) is 7.66. The summed E-state index contributed by atoms with van der Waals surface area (Å²) >= 11 is 0. The zero-order valence-corrected chi connectivity index (χ0v) is 9.10. The average Bonchev–Trinajstić information content (AvgIpc) is 2.32. The first-order valence-electron chi connectivity index (χ1n) is 4.66. The lowest BCUT2D eigenvalue weighted by Gasteiger charge is -2.04. The number of carboxylic acid groups (broad SMARTS) is 1. The van der Waals surface area contributed by atoms with Crippen molar-refractivity contribution >= 4 is 11.9 Å². The molecule has 0 saturated heterocycles. The van der Waals surface area contributed by atoms with Gasteiger partial charge in [-0.15, -0.1) is 13.2 Å². The highest BCUT2D eigenvalue weighted by atomic mass is 16.5. The minimum Gasteiger partial charge on any atom is -0.478 e. The molecule has 1 N–H and O–H groups in total. The Morgan fingerprint density at radius 2 is 1.75 bits per heavy atom. The highest BCUT2D eigenvalue weighted by Gasteiger charge is 2.15. The van der Waals surface area contributed by atoms with Crippen molar-refractivity contribution in [2.45, 2.75) is 6.92 Å². The normalized spacial score (nSPS) is 8.56. The van der Waals surface area contributed by atoms with Gasteiger partial charge in [0.2, 0.25) is 0 Å². The Bertz CT molecular complexity index is 371. The lowest BCUT2D eigenvalue weighted by molar-refractivity contribution is 0.0514. The highest BCUT2D eigenvalue weighted by molar-refractivity contribution is 6.02. The van der Waals surface area contributed by atoms with Crippen LogP contribution in [0, 0.1) is 0 Å². The minimum atomic E-state index is -1.13. The predicted molar refractivity (Wildman–Crippen MR) is 60.6 cm³/mol. The molecule has 0 heterocycles. The van der Waals surface area contributed by atoms with Gasteiger partial charge in [-0.2, -0.15) is 0 Å². The van der Waals surface area contributed by atoms with E-state index in [0.29, 0.717) is 0 Å². The SMILES string of the molecule is C=C.CCOC(=O)c1ccccc1C(=O)O. The van der Waals surface area contributed by atoms with Gasteiger partial charge in [-0.25, -0.2) is 9.59 Å². The monoisotopic (exact) mass is 222 g/mol. The molecule has 0 amide bonds. The molecule has 16 heavy (non-hydrogen) atoms. The van der Waals surface area contributed by atoms with Gasteiger partial charge in [-0.05, 0) is 19.1 Å². The van der Waals surface area contributed by atoms with Gasteiger partial charge in [0.15, 0.2) is 0 Å². The zero-order valence-electron chi connectivity index (χ0n) is 9.10. The van der Waals surface area contributed by atoms with Crippen molar-refractivity contribution in [3.8, 4) is 0 Å². The van der Waals surface area contributed by atoms with Gasteiger partial charge in [0.25, 0.3) is 0 Å². The molecule has 0 fully saturated rings. The van der Waals surface area contributed by atoms with E-state index in [4.69, 9.17) is 9.84 Å². The Hall–Kier alpha value is -2.10. The molecule has 0 aromatic heterocycles. The summed E-state index contributed by atoms with van der Waals surface area (Å²) in [7, 11) is 0. The summed E-state index contributed by atoms with van der Waals surface area (Å²) in [5.41, 5.74) is 0.0489. The van der Waals surface area contributed by atoms with Crippen LogP contribution < -0.4 is 0 Å². The van der Waals surface area contributed by atoms with E-state index >= 15 is 0 Å². The van der Waals surface area contributed by atoms with E-state index < -0.39 is 11.9 Å². The highest BCUT2D eigenvalue weighted by Crippen LogP contribution is 2.09. The topological polar surface area (TPSA) is 63.6 Å². The van der Waals surface area contributed by atoms with Crippen LogP contribution in [-0.4, -0.2) is 23.7 Å². The molecular formula is C12H14O4. The predicted octanol–water partition coefficient (Wildman–Crippen LogP) is 2.36. The zero-order chi connectivity index (χ0) is 12.6. The van der Waals surface area contributed by atoms with E-state index in [9.17, 15) is 9.59 Å². The number of esters is 1. The molecule has 0 spiro atoms. The number of ether oxygens (including phenoxy) is 1. The van der Waals surface area contributed by atoms with Crippen molar-refractivity contribution in [1.82, 2.24) is 0 Å². The van der Waals surface area contributed by atoms with Gasteiger partial charge >= 0.3 is 11.9 Å². The van der Waals surface area contributed by atoms with Crippen molar-refractivity contribution in [2.24, 2.45) is 0 Å². The molecule has 0 radical (unpaired) electrons. The van der Waals surface area contributed by atoms with Crippen molar-refractivity contribution in [3.63, 3.8) is 0 Å². The van der Waals surface area contributed by atoms with Crippen LogP contribution in [-0.2, 0) is 4.74 Å². The van der Waals surface area contributed by atoms with Gasteiger partial charge < -0.3 is 9.84 Å². The van der Waals surface area contributed by atoms with E-state index in [1.165, 1.54) is 12.1 Å². The summed E-state index contributed by atoms with van der Waals surface area (Å²) in [5.74, 6) is -1.74. The van der Waals surface area contributed by atoms with Crippen LogP contribution in [0.5, 0.6) is 0 Å². The second kappa shape index (κ2) is 7.23. The van der Waals surface area contributed by atoms with Crippen LogP contribution in [0.25, 0.3) is 0 Å². The fourth-order valence-corrected chi connectivity index (χ4v) is 1.06. The number of carboxylic acids is 1. The van der Waals surface area contributed by atoms with Gasteiger partial charge in [-0.1, -0.05) is 12.1 Å². The summed E-state index contributed by atoms with van der Waals surface area (Å²) in [6.45, 7) is 7.90. The van der Waals surface area contributed by atoms with Crippen LogP contribution in [0.15, 0.2) is 37.4 Å². The molecule has 1 rings (SSSR count). The van der Waals surface area contributed by atoms with E-state index in [1.54, 1.807) is 19.1 Å². The maximum Gasteiger partial charge on any atom is 0.338 e. The first-order valence-corrected chi connectivity index (χ1v) is 4.66. The second-order valence-corrected chi connectivity index (χ2v) is 2.57. The number of aromatic carboxylic acids is 1. The molecule has 1 aromatic carbocycles. The number of hydrogen-bond donors (Lipinski definition) is 1. The molecule has 0 aliphatic heterocycles. The summed E-state index contributed by atoms with van der Waals surface area (Å²) in [5, 5.41) is 8.77. The third-order valence-electron chi connectivity index (χ3n) is 1.65. The van der Waals surface area contributed by atoms with Gasteiger partial charge in [0.05, 0.1) is 17.7 Å². The number of carbonyl (C=O) groups is 2. The third-order valence-corrected chi connectivity index (χ3v) is 1.65. The maximum atomic E-state index is 11.3. The Morgan fingerprint density at radius 1 is 1.25 bits per heavy atom. The van der Waals surface area contributed by atoms with Crippen LogP contribution in [0.1, 0.15) is 27.6 Å². The van der Waals surface area contributed by atoms with E-state index in [1.807, 2.05) is 0 Å². The first kappa shape index (κ1) is 13.9. The molecule has 4 nitrogen and oxygen atoms in total. The van der Waals surface area contributed by atoms with Crippen LogP contribution >= 0.6 is 0 Å². The lowest BCUT2D eigenvalue weighted by atomic mass is 10.1. The van der Waals surface area contributed by atoms with Gasteiger partial charge in [-0.3, -0.25) is 0 Å². The minimum absolute atomic E-state index is 0.0362. The molecule has 0 bridgehead atoms. The molecule has 4 heteroatoms.